The SMILES string of the molecule is CC[N+]1=c2cc3c(cc2CCC1)=Nc1cc2c(cc1O3)N(CCCC(=O)NCC#Cc1cn([C@H]3C[C@H](O)[C@@H](COP(=O)(O)OP(=O)(O)OP(=O)(O)O)O3)c3ncnc(N)c13)C(C)(C)CC2CS(=O)(=O)[O-]. The summed E-state index contributed by atoms with van der Waals surface area (Å²) >= 11 is 0. The number of aliphatic hydroxyl groups excluding tert-OH is 1. The Labute approximate surface area is 400 Å². The lowest BCUT2D eigenvalue weighted by atomic mass is 9.79. The lowest BCUT2D eigenvalue weighted by molar-refractivity contribution is -0.120. The summed E-state index contributed by atoms with van der Waals surface area (Å²) in [5.41, 5.74) is 9.23. The van der Waals surface area contributed by atoms with E-state index >= 15 is 0 Å². The first-order valence-corrected chi connectivity index (χ1v) is 28.1. The largest absolute Gasteiger partial charge is 0.748 e. The average molecular weight is 1050 g/mol. The van der Waals surface area contributed by atoms with Crippen molar-refractivity contribution in [2.24, 2.45) is 4.99 Å². The van der Waals surface area contributed by atoms with Gasteiger partial charge in [0.15, 0.2) is 11.5 Å². The molecule has 2 aromatic heterocycles. The average Bonchev–Trinajstić information content (AvgIpc) is 3.81. The number of aromatic nitrogens is 3. The van der Waals surface area contributed by atoms with Gasteiger partial charge in [-0.15, -0.1) is 0 Å². The summed E-state index contributed by atoms with van der Waals surface area (Å²) in [4.78, 5) is 65.3. The van der Waals surface area contributed by atoms with E-state index < -0.39 is 75.8 Å². The quantitative estimate of drug-likeness (QED) is 0.0322. The molecule has 8 N–H and O–H groups in total. The summed E-state index contributed by atoms with van der Waals surface area (Å²) in [6.07, 6.45) is 1.75. The number of phosphoric ester groups is 1. The third-order valence-corrected chi connectivity index (χ3v) is 16.9. The summed E-state index contributed by atoms with van der Waals surface area (Å²) in [6, 6.07) is 7.74. The fraction of sp³-hybridized carbons (Fsp3) is 0.488. The Bertz CT molecular complexity index is 3210. The molecule has 29 heteroatoms. The number of phosphoric acid groups is 3. The molecule has 0 spiro atoms. The van der Waals surface area contributed by atoms with Crippen LogP contribution in [0.25, 0.3) is 11.0 Å². The lowest BCUT2D eigenvalue weighted by Crippen LogP contribution is -2.50. The van der Waals surface area contributed by atoms with Crippen molar-refractivity contribution < 1.29 is 78.8 Å². The number of rotatable bonds is 16. The normalized spacial score (nSPS) is 22.2. The van der Waals surface area contributed by atoms with Crippen molar-refractivity contribution in [3.63, 3.8) is 0 Å². The van der Waals surface area contributed by atoms with Crippen molar-refractivity contribution >= 4 is 67.7 Å². The molecule has 1 amide bonds. The molecule has 4 aliphatic heterocycles. The van der Waals surface area contributed by atoms with Crippen molar-refractivity contribution in [2.45, 2.75) is 89.2 Å². The van der Waals surface area contributed by atoms with Gasteiger partial charge in [-0.25, -0.2) is 41.6 Å². The molecule has 8 rings (SSSR count). The molecular weight excluding hydrogens is 1000 g/mol. The number of carbonyl (C=O) groups excluding carboxylic acids is 1. The molecule has 0 radical (unpaired) electrons. The zero-order valence-corrected chi connectivity index (χ0v) is 41.4. The molecule has 6 atom stereocenters. The molecule has 3 unspecified atom stereocenters. The molecule has 6 heterocycles. The number of aliphatic hydroxyl groups is 1. The molecule has 70 heavy (non-hydrogen) atoms. The van der Waals surface area contributed by atoms with E-state index in [4.69, 9.17) is 30.0 Å². The Hall–Kier alpha value is -4.67. The number of nitrogens with zero attached hydrogens (tertiary/aromatic N) is 6. The Morgan fingerprint density at radius 1 is 1.10 bits per heavy atom. The minimum absolute atomic E-state index is 0.0520. The van der Waals surface area contributed by atoms with Crippen LogP contribution in [0, 0.1) is 11.8 Å². The van der Waals surface area contributed by atoms with Gasteiger partial charge < -0.3 is 59.2 Å². The number of ether oxygens (including phenoxy) is 2. The third kappa shape index (κ3) is 11.8. The standard InChI is InChI=1S/C41H51N8O17P3S/c1-4-47-12-6-9-24-14-28-33(16-30(24)47)63-34-17-31-27(15-29(34)46-28)26(22-70(59,60)61)19-41(2,3)49(31)13-7-10-36(51)43-11-5-8-25-20-48(40-38(25)39(42)44-23-45-40)37-18-32(50)35(64-37)21-62-68(55,56)66-69(57,58)65-67(52,53)54/h14-17,20,23,26,32,35,37,50H,4,6-7,9-13,18-19,21-22H2,1-3H3,(H7-,42,43,44,45,51,52,53,54,55,56,57,58,59,60,61)/t26?,32-,35+,37+/m0/s1. The maximum absolute atomic E-state index is 13.2. The number of nitrogens with two attached hydrogens (primary N) is 1. The monoisotopic (exact) mass is 1050 g/mol. The van der Waals surface area contributed by atoms with Gasteiger partial charge in [0.2, 0.25) is 11.3 Å². The van der Waals surface area contributed by atoms with Gasteiger partial charge in [-0.1, -0.05) is 11.8 Å². The Morgan fingerprint density at radius 3 is 2.60 bits per heavy atom. The second-order valence-corrected chi connectivity index (χ2v) is 23.6. The van der Waals surface area contributed by atoms with Crippen molar-refractivity contribution in [3.8, 4) is 23.3 Å². The highest BCUT2D eigenvalue weighted by Gasteiger charge is 2.44. The third-order valence-electron chi connectivity index (χ3n) is 12.3. The van der Waals surface area contributed by atoms with E-state index in [9.17, 15) is 46.4 Å². The summed E-state index contributed by atoms with van der Waals surface area (Å²) in [5.74, 6) is 5.52. The van der Waals surface area contributed by atoms with Crippen LogP contribution in [0.2, 0.25) is 0 Å². The molecule has 1 saturated heterocycles. The number of carbonyl (C=O) groups is 1. The van der Waals surface area contributed by atoms with Crippen molar-refractivity contribution in [1.82, 2.24) is 24.4 Å². The number of fused-ring (bicyclic) bond motifs is 5. The Kier molecular flexibility index (Phi) is 14.6. The maximum Gasteiger partial charge on any atom is 0.490 e. The van der Waals surface area contributed by atoms with Gasteiger partial charge in [0, 0.05) is 66.5 Å². The van der Waals surface area contributed by atoms with Crippen LogP contribution >= 0.6 is 23.5 Å². The number of hydrogen-bond acceptors (Lipinski definition) is 18. The van der Waals surface area contributed by atoms with Crippen LogP contribution in [0.4, 0.5) is 17.2 Å². The van der Waals surface area contributed by atoms with Gasteiger partial charge in [0.25, 0.3) is 0 Å². The number of aryl methyl sites for hydroxylation is 1. The van der Waals surface area contributed by atoms with Crippen LogP contribution in [-0.4, -0.2) is 114 Å². The molecule has 4 aromatic rings. The number of hydrogen-bond donors (Lipinski definition) is 7. The highest BCUT2D eigenvalue weighted by Crippen LogP contribution is 2.66. The lowest BCUT2D eigenvalue weighted by Gasteiger charge is -2.48. The first-order chi connectivity index (χ1) is 32.8. The van der Waals surface area contributed by atoms with Gasteiger partial charge >= 0.3 is 23.5 Å². The van der Waals surface area contributed by atoms with Crippen LogP contribution in [0.5, 0.6) is 11.5 Å². The molecule has 0 aliphatic carbocycles. The molecule has 1 fully saturated rings. The van der Waals surface area contributed by atoms with Gasteiger partial charge in [0.05, 0.1) is 46.4 Å². The van der Waals surface area contributed by atoms with Gasteiger partial charge in [-0.3, -0.25) is 9.32 Å². The summed E-state index contributed by atoms with van der Waals surface area (Å²) in [5, 5.41) is 15.6. The number of benzene rings is 2. The zero-order valence-electron chi connectivity index (χ0n) is 37.9. The van der Waals surface area contributed by atoms with Crippen molar-refractivity contribution in [3.05, 3.63) is 64.2 Å². The summed E-state index contributed by atoms with van der Waals surface area (Å²) in [7, 11) is -21.5. The second kappa shape index (κ2) is 19.7. The second-order valence-electron chi connectivity index (χ2n) is 17.7. The highest BCUT2D eigenvalue weighted by molar-refractivity contribution is 7.85. The van der Waals surface area contributed by atoms with Crippen LogP contribution in [0.3, 0.4) is 0 Å². The number of nitrogens with one attached hydrogen (secondary N) is 1. The summed E-state index contributed by atoms with van der Waals surface area (Å²) < 4.78 is 99.6. The van der Waals surface area contributed by atoms with Gasteiger partial charge in [-0.2, -0.15) is 8.62 Å². The molecule has 378 valence electrons. The van der Waals surface area contributed by atoms with Crippen LogP contribution in [0.1, 0.15) is 81.7 Å². The van der Waals surface area contributed by atoms with Crippen LogP contribution in [-0.2, 0) is 52.9 Å². The van der Waals surface area contributed by atoms with E-state index in [1.807, 2.05) is 38.1 Å². The molecule has 25 nitrogen and oxygen atoms in total. The van der Waals surface area contributed by atoms with Crippen LogP contribution in [0.15, 0.2) is 41.8 Å². The molecular formula is C41H51N8O17P3S. The molecule has 2 aromatic carbocycles. The Morgan fingerprint density at radius 2 is 1.87 bits per heavy atom. The molecule has 4 aliphatic rings. The number of anilines is 2. The minimum atomic E-state index is -5.77. The topological polar surface area (TPSA) is 360 Å². The molecule has 0 bridgehead atoms. The Balaban J connectivity index is 0.922. The van der Waals surface area contributed by atoms with E-state index in [-0.39, 0.29) is 36.8 Å². The zero-order chi connectivity index (χ0) is 50.6. The van der Waals surface area contributed by atoms with E-state index in [0.717, 1.165) is 31.3 Å². The van der Waals surface area contributed by atoms with E-state index in [0.29, 0.717) is 64.1 Å². The van der Waals surface area contributed by atoms with Crippen molar-refractivity contribution in [2.75, 3.05) is 49.2 Å². The first kappa shape index (κ1) is 51.7. The van der Waals surface area contributed by atoms with Crippen molar-refractivity contribution in [1.29, 1.82) is 0 Å². The van der Waals surface area contributed by atoms with Gasteiger partial charge in [0.1, 0.15) is 54.3 Å². The summed E-state index contributed by atoms with van der Waals surface area (Å²) in [6.45, 7) is 7.29. The van der Waals surface area contributed by atoms with Gasteiger partial charge in [-0.05, 0) is 57.7 Å². The number of nitrogen functional groups attached to an aromatic ring is 1. The smallest absolute Gasteiger partial charge is 0.490 e. The predicted molar refractivity (Wildman–Crippen MR) is 247 cm³/mol. The van der Waals surface area contributed by atoms with E-state index in [1.165, 1.54) is 22.7 Å². The van der Waals surface area contributed by atoms with E-state index in [2.05, 4.69) is 56.7 Å². The first-order valence-electron chi connectivity index (χ1n) is 22.0. The number of amides is 1. The fourth-order valence-corrected chi connectivity index (χ4v) is 13.2. The molecule has 0 saturated carbocycles. The predicted octanol–water partition coefficient (Wildman–Crippen LogP) is 2.08. The highest BCUT2D eigenvalue weighted by atomic mass is 32.2. The van der Waals surface area contributed by atoms with E-state index in [1.54, 1.807) is 0 Å². The van der Waals surface area contributed by atoms with Crippen LogP contribution < -0.4 is 36.0 Å². The fourth-order valence-electron chi connectivity index (χ4n) is 9.39. The minimum Gasteiger partial charge on any atom is -0.748 e. The maximum atomic E-state index is 13.2.